The number of carbonyl (C=O) groups is 1. The molecule has 1 N–H and O–H groups in total. The third-order valence-electron chi connectivity index (χ3n) is 1.97. The zero-order valence-corrected chi connectivity index (χ0v) is 8.47. The number of aliphatic carboxylic acids is 1. The highest BCUT2D eigenvalue weighted by Crippen LogP contribution is 2.24. The molecule has 2 rings (SSSR count). The maximum Gasteiger partial charge on any atom is 0.310 e. The maximum absolute atomic E-state index is 10.5. The topological polar surface area (TPSA) is 50.2 Å². The summed E-state index contributed by atoms with van der Waals surface area (Å²) in [6.07, 6.45) is 0.0127. The number of benzene rings is 1. The molecule has 0 aliphatic rings. The Morgan fingerprint density at radius 1 is 1.57 bits per heavy atom. The van der Waals surface area contributed by atoms with Gasteiger partial charge in [0.15, 0.2) is 0 Å². The zero-order valence-electron chi connectivity index (χ0n) is 7.65. The van der Waals surface area contributed by atoms with E-state index >= 15 is 0 Å². The fraction of sp³-hybridized carbons (Fsp3) is 0.200. The van der Waals surface area contributed by atoms with Crippen LogP contribution in [0.4, 0.5) is 0 Å². The smallest absolute Gasteiger partial charge is 0.310 e. The van der Waals surface area contributed by atoms with Crippen molar-refractivity contribution in [1.82, 2.24) is 4.98 Å². The van der Waals surface area contributed by atoms with Gasteiger partial charge in [-0.1, -0.05) is 12.1 Å². The van der Waals surface area contributed by atoms with Crippen LogP contribution in [-0.2, 0) is 11.2 Å². The number of rotatable bonds is 2. The van der Waals surface area contributed by atoms with Crippen LogP contribution >= 0.6 is 11.3 Å². The van der Waals surface area contributed by atoms with Gasteiger partial charge in [-0.2, -0.15) is 0 Å². The number of nitrogens with zero attached hydrogens (tertiary/aromatic N) is 1. The predicted octanol–water partition coefficient (Wildman–Crippen LogP) is 2.23. The molecule has 3 nitrogen and oxygen atoms in total. The number of hydrogen-bond acceptors (Lipinski definition) is 3. The lowest BCUT2D eigenvalue weighted by Gasteiger charge is -1.90. The Morgan fingerprint density at radius 3 is 3.00 bits per heavy atom. The highest BCUT2D eigenvalue weighted by atomic mass is 32.1. The van der Waals surface area contributed by atoms with Crippen LogP contribution in [0.3, 0.4) is 0 Å². The molecule has 0 atom stereocenters. The maximum atomic E-state index is 10.5. The van der Waals surface area contributed by atoms with Crippen LogP contribution in [0, 0.1) is 6.92 Å². The number of hydrogen-bond donors (Lipinski definition) is 1. The second-order valence-electron chi connectivity index (χ2n) is 3.10. The average molecular weight is 207 g/mol. The SMILES string of the molecule is Cc1cccc2sc(CC(=O)O)nc12. The van der Waals surface area contributed by atoms with E-state index in [4.69, 9.17) is 5.11 Å². The van der Waals surface area contributed by atoms with Crippen LogP contribution in [0.5, 0.6) is 0 Å². The Kier molecular flexibility index (Phi) is 2.21. The largest absolute Gasteiger partial charge is 0.481 e. The van der Waals surface area contributed by atoms with Gasteiger partial charge in [-0.05, 0) is 18.6 Å². The van der Waals surface area contributed by atoms with Gasteiger partial charge >= 0.3 is 5.97 Å². The van der Waals surface area contributed by atoms with Gasteiger partial charge < -0.3 is 5.11 Å². The van der Waals surface area contributed by atoms with E-state index in [0.29, 0.717) is 5.01 Å². The number of carboxylic acid groups (broad SMARTS) is 1. The van der Waals surface area contributed by atoms with Gasteiger partial charge in [0.05, 0.1) is 16.6 Å². The first-order valence-electron chi connectivity index (χ1n) is 4.23. The lowest BCUT2D eigenvalue weighted by molar-refractivity contribution is -0.136. The summed E-state index contributed by atoms with van der Waals surface area (Å²) in [4.78, 5) is 14.8. The number of thiazole rings is 1. The lowest BCUT2D eigenvalue weighted by Crippen LogP contribution is -1.98. The minimum Gasteiger partial charge on any atom is -0.481 e. The first-order valence-corrected chi connectivity index (χ1v) is 5.05. The van der Waals surface area contributed by atoms with Crippen molar-refractivity contribution in [1.29, 1.82) is 0 Å². The zero-order chi connectivity index (χ0) is 10.1. The molecular formula is C10H9NO2S. The molecule has 0 saturated carbocycles. The van der Waals surface area contributed by atoms with Crippen LogP contribution in [-0.4, -0.2) is 16.1 Å². The monoisotopic (exact) mass is 207 g/mol. The number of aryl methyl sites for hydroxylation is 1. The molecule has 1 heterocycles. The van der Waals surface area contributed by atoms with Gasteiger partial charge in [0.1, 0.15) is 5.01 Å². The lowest BCUT2D eigenvalue weighted by atomic mass is 10.2. The summed E-state index contributed by atoms with van der Waals surface area (Å²) in [5.74, 6) is -0.832. The second-order valence-corrected chi connectivity index (χ2v) is 4.21. The van der Waals surface area contributed by atoms with E-state index < -0.39 is 5.97 Å². The Morgan fingerprint density at radius 2 is 2.36 bits per heavy atom. The Bertz CT molecular complexity index is 490. The summed E-state index contributed by atoms with van der Waals surface area (Å²) in [7, 11) is 0. The Labute approximate surface area is 85.0 Å². The van der Waals surface area contributed by atoms with E-state index in [1.54, 1.807) is 0 Å². The molecule has 0 amide bonds. The van der Waals surface area contributed by atoms with Gasteiger partial charge in [0.2, 0.25) is 0 Å². The summed E-state index contributed by atoms with van der Waals surface area (Å²) in [6, 6.07) is 5.90. The predicted molar refractivity (Wildman–Crippen MR) is 55.7 cm³/mol. The third kappa shape index (κ3) is 1.61. The summed E-state index contributed by atoms with van der Waals surface area (Å²) >= 11 is 1.45. The second kappa shape index (κ2) is 3.38. The van der Waals surface area contributed by atoms with Crippen LogP contribution in [0.25, 0.3) is 10.2 Å². The standard InChI is InChI=1S/C10H9NO2S/c1-6-3-2-4-7-10(6)11-8(14-7)5-9(12)13/h2-4H,5H2,1H3,(H,12,13). The van der Waals surface area contributed by atoms with Crippen LogP contribution in [0.1, 0.15) is 10.6 Å². The summed E-state index contributed by atoms with van der Waals surface area (Å²) in [5.41, 5.74) is 2.02. The van der Waals surface area contributed by atoms with Crippen LogP contribution in [0.15, 0.2) is 18.2 Å². The van der Waals surface area contributed by atoms with Crippen LogP contribution < -0.4 is 0 Å². The van der Waals surface area contributed by atoms with E-state index in [1.165, 1.54) is 11.3 Å². The summed E-state index contributed by atoms with van der Waals surface area (Å²) in [5, 5.41) is 9.30. The van der Waals surface area contributed by atoms with Gasteiger partial charge in [0.25, 0.3) is 0 Å². The molecule has 0 aliphatic heterocycles. The highest BCUT2D eigenvalue weighted by Gasteiger charge is 2.08. The minimum absolute atomic E-state index is 0.0127. The molecule has 1 aromatic heterocycles. The summed E-state index contributed by atoms with van der Waals surface area (Å²) < 4.78 is 1.06. The van der Waals surface area contributed by atoms with E-state index in [2.05, 4.69) is 4.98 Å². The molecule has 72 valence electrons. The number of aromatic nitrogens is 1. The average Bonchev–Trinajstić information content (AvgIpc) is 2.47. The third-order valence-corrected chi connectivity index (χ3v) is 2.99. The van der Waals surface area contributed by atoms with Gasteiger partial charge in [0, 0.05) is 0 Å². The number of para-hydroxylation sites is 1. The molecule has 0 spiro atoms. The van der Waals surface area contributed by atoms with E-state index in [9.17, 15) is 4.79 Å². The van der Waals surface area contributed by atoms with Crippen molar-refractivity contribution in [3.63, 3.8) is 0 Å². The fourth-order valence-corrected chi connectivity index (χ4v) is 2.37. The van der Waals surface area contributed by atoms with Crippen molar-refractivity contribution in [2.45, 2.75) is 13.3 Å². The van der Waals surface area contributed by atoms with Gasteiger partial charge in [-0.25, -0.2) is 4.98 Å². The van der Waals surface area contributed by atoms with E-state index in [-0.39, 0.29) is 6.42 Å². The quantitative estimate of drug-likeness (QED) is 0.821. The molecule has 4 heteroatoms. The van der Waals surface area contributed by atoms with E-state index in [0.717, 1.165) is 15.8 Å². The molecule has 0 bridgehead atoms. The molecule has 0 fully saturated rings. The van der Waals surface area contributed by atoms with Crippen molar-refractivity contribution in [2.24, 2.45) is 0 Å². The van der Waals surface area contributed by atoms with Crippen molar-refractivity contribution in [3.05, 3.63) is 28.8 Å². The molecule has 14 heavy (non-hydrogen) atoms. The molecule has 0 saturated heterocycles. The molecule has 0 aliphatic carbocycles. The van der Waals surface area contributed by atoms with Crippen molar-refractivity contribution in [2.75, 3.05) is 0 Å². The van der Waals surface area contributed by atoms with Crippen molar-refractivity contribution >= 4 is 27.5 Å². The first-order chi connectivity index (χ1) is 6.66. The molecular weight excluding hydrogens is 198 g/mol. The number of fused-ring (bicyclic) bond motifs is 1. The normalized spacial score (nSPS) is 10.6. The van der Waals surface area contributed by atoms with Crippen LogP contribution in [0.2, 0.25) is 0 Å². The first kappa shape index (κ1) is 9.15. The molecule has 2 aromatic rings. The molecule has 0 radical (unpaired) electrons. The van der Waals surface area contributed by atoms with Crippen molar-refractivity contribution < 1.29 is 9.90 Å². The minimum atomic E-state index is -0.832. The van der Waals surface area contributed by atoms with Gasteiger partial charge in [-0.3, -0.25) is 4.79 Å². The Balaban J connectivity index is 2.51. The van der Waals surface area contributed by atoms with Gasteiger partial charge in [-0.15, -0.1) is 11.3 Å². The summed E-state index contributed by atoms with van der Waals surface area (Å²) in [6.45, 7) is 1.98. The highest BCUT2D eigenvalue weighted by molar-refractivity contribution is 7.18. The Hall–Kier alpha value is -1.42. The van der Waals surface area contributed by atoms with E-state index in [1.807, 2.05) is 25.1 Å². The molecule has 0 unspecified atom stereocenters. The number of carboxylic acids is 1. The fourth-order valence-electron chi connectivity index (χ4n) is 1.34. The van der Waals surface area contributed by atoms with Crippen molar-refractivity contribution in [3.8, 4) is 0 Å². The molecule has 1 aromatic carbocycles.